The summed E-state index contributed by atoms with van der Waals surface area (Å²) in [7, 11) is 0. The van der Waals surface area contributed by atoms with Crippen LogP contribution in [0.4, 0.5) is 8.78 Å². The molecule has 0 amide bonds. The molecule has 0 aliphatic rings. The molecule has 2 aromatic rings. The van der Waals surface area contributed by atoms with Crippen LogP contribution in [0.25, 0.3) is 10.9 Å². The number of rotatable bonds is 0. The maximum absolute atomic E-state index is 13.4. The van der Waals surface area contributed by atoms with Crippen molar-refractivity contribution in [1.82, 2.24) is 9.97 Å². The third kappa shape index (κ3) is 1.36. The Bertz CT molecular complexity index is 518. The van der Waals surface area contributed by atoms with E-state index in [-0.39, 0.29) is 20.5 Å². The van der Waals surface area contributed by atoms with Crippen LogP contribution in [0.2, 0.25) is 5.15 Å². The summed E-state index contributed by atoms with van der Waals surface area (Å²) >= 11 is 8.42. The van der Waals surface area contributed by atoms with Gasteiger partial charge in [-0.1, -0.05) is 11.6 Å². The van der Waals surface area contributed by atoms with Crippen LogP contribution in [-0.4, -0.2) is 9.97 Å². The van der Waals surface area contributed by atoms with Gasteiger partial charge in [0.15, 0.2) is 5.82 Å². The Morgan fingerprint density at radius 2 is 2.00 bits per heavy atom. The lowest BCUT2D eigenvalue weighted by Crippen LogP contribution is -1.92. The molecule has 1 heterocycles. The van der Waals surface area contributed by atoms with Crippen LogP contribution in [0.3, 0.4) is 0 Å². The summed E-state index contributed by atoms with van der Waals surface area (Å²) < 4.78 is 26.2. The Labute approximate surface area is 91.1 Å². The molecule has 0 spiro atoms. The quantitative estimate of drug-likeness (QED) is 0.546. The van der Waals surface area contributed by atoms with Gasteiger partial charge in [-0.15, -0.1) is 0 Å². The molecule has 0 bridgehead atoms. The topological polar surface area (TPSA) is 25.8 Å². The molecule has 1 aromatic carbocycles. The summed E-state index contributed by atoms with van der Waals surface area (Å²) in [6.07, 6.45) is 1.12. The zero-order valence-electron chi connectivity index (χ0n) is 6.56. The third-order valence-electron chi connectivity index (χ3n) is 1.72. The van der Waals surface area contributed by atoms with E-state index in [0.29, 0.717) is 0 Å². The van der Waals surface area contributed by atoms with Crippen molar-refractivity contribution >= 4 is 38.4 Å². The average Bonchev–Trinajstić information content (AvgIpc) is 2.17. The average molecular weight is 279 g/mol. The van der Waals surface area contributed by atoms with E-state index in [1.165, 1.54) is 0 Å². The van der Waals surface area contributed by atoms with Gasteiger partial charge in [-0.3, -0.25) is 0 Å². The molecule has 2 rings (SSSR count). The molecule has 0 atom stereocenters. The zero-order valence-corrected chi connectivity index (χ0v) is 8.90. The highest BCUT2D eigenvalue weighted by molar-refractivity contribution is 9.10. The Balaban J connectivity index is 2.98. The molecule has 0 saturated carbocycles. The second-order valence-corrected chi connectivity index (χ2v) is 3.70. The first kappa shape index (κ1) is 9.73. The van der Waals surface area contributed by atoms with Crippen LogP contribution in [0, 0.1) is 11.6 Å². The SMILES string of the molecule is Fc1cc2c(Cl)ncnc2c(F)c1Br. The number of benzene rings is 1. The molecule has 0 radical (unpaired) electrons. The number of halogens is 4. The maximum atomic E-state index is 13.4. The van der Waals surface area contributed by atoms with Gasteiger partial charge in [-0.25, -0.2) is 18.7 Å². The minimum Gasteiger partial charge on any atom is -0.233 e. The fourth-order valence-electron chi connectivity index (χ4n) is 1.08. The van der Waals surface area contributed by atoms with Crippen LogP contribution in [-0.2, 0) is 0 Å². The van der Waals surface area contributed by atoms with Crippen molar-refractivity contribution in [2.45, 2.75) is 0 Å². The van der Waals surface area contributed by atoms with E-state index in [1.54, 1.807) is 0 Å². The van der Waals surface area contributed by atoms with Crippen LogP contribution in [0.5, 0.6) is 0 Å². The lowest BCUT2D eigenvalue weighted by Gasteiger charge is -2.02. The fraction of sp³-hybridized carbons (Fsp3) is 0. The normalized spacial score (nSPS) is 10.9. The highest BCUT2D eigenvalue weighted by atomic mass is 79.9. The summed E-state index contributed by atoms with van der Waals surface area (Å²) in [6.45, 7) is 0. The van der Waals surface area contributed by atoms with Crippen LogP contribution >= 0.6 is 27.5 Å². The van der Waals surface area contributed by atoms with Gasteiger partial charge in [0.2, 0.25) is 0 Å². The standard InChI is InChI=1S/C8H2BrClF2N2/c9-5-4(11)1-3-7(6(5)12)13-2-14-8(3)10/h1-2H. The molecule has 0 unspecified atom stereocenters. The lowest BCUT2D eigenvalue weighted by molar-refractivity contribution is 0.579. The van der Waals surface area contributed by atoms with E-state index in [9.17, 15) is 8.78 Å². The Kier molecular flexibility index (Phi) is 2.36. The number of hydrogen-bond acceptors (Lipinski definition) is 2. The summed E-state index contributed by atoms with van der Waals surface area (Å²) in [4.78, 5) is 7.30. The minimum absolute atomic E-state index is 0.00160. The molecule has 6 heteroatoms. The molecule has 0 saturated heterocycles. The first-order valence-electron chi connectivity index (χ1n) is 3.55. The van der Waals surface area contributed by atoms with Crippen molar-refractivity contribution in [2.75, 3.05) is 0 Å². The van der Waals surface area contributed by atoms with E-state index < -0.39 is 11.6 Å². The third-order valence-corrected chi connectivity index (χ3v) is 2.74. The molecular formula is C8H2BrClF2N2. The van der Waals surface area contributed by atoms with Crippen LogP contribution in [0.1, 0.15) is 0 Å². The van der Waals surface area contributed by atoms with Gasteiger partial charge in [0.1, 0.15) is 22.8 Å². The molecule has 0 aliphatic heterocycles. The fourth-order valence-corrected chi connectivity index (χ4v) is 1.57. The summed E-state index contributed by atoms with van der Waals surface area (Å²) in [6, 6.07) is 1.09. The molecule has 2 nitrogen and oxygen atoms in total. The monoisotopic (exact) mass is 278 g/mol. The minimum atomic E-state index is -0.774. The van der Waals surface area contributed by atoms with Gasteiger partial charge in [0.05, 0.1) is 4.47 Å². The summed E-state index contributed by atoms with van der Waals surface area (Å²) in [5, 5.41) is 0.188. The van der Waals surface area contributed by atoms with Crippen molar-refractivity contribution in [2.24, 2.45) is 0 Å². The zero-order chi connectivity index (χ0) is 10.3. The maximum Gasteiger partial charge on any atom is 0.166 e. The Morgan fingerprint density at radius 1 is 1.29 bits per heavy atom. The molecular weight excluding hydrogens is 277 g/mol. The lowest BCUT2D eigenvalue weighted by atomic mass is 10.2. The van der Waals surface area contributed by atoms with Crippen molar-refractivity contribution < 1.29 is 8.78 Å². The van der Waals surface area contributed by atoms with Crippen LogP contribution in [0.15, 0.2) is 16.9 Å². The molecule has 0 aliphatic carbocycles. The second kappa shape index (κ2) is 3.40. The first-order valence-corrected chi connectivity index (χ1v) is 4.72. The highest BCUT2D eigenvalue weighted by Gasteiger charge is 2.14. The summed E-state index contributed by atoms with van der Waals surface area (Å²) in [5.41, 5.74) is -0.00160. The van der Waals surface area contributed by atoms with E-state index in [0.717, 1.165) is 12.4 Å². The molecule has 14 heavy (non-hydrogen) atoms. The number of nitrogens with zero attached hydrogens (tertiary/aromatic N) is 2. The summed E-state index contributed by atoms with van der Waals surface area (Å²) in [5.74, 6) is -1.50. The van der Waals surface area contributed by atoms with Crippen molar-refractivity contribution in [3.63, 3.8) is 0 Å². The largest absolute Gasteiger partial charge is 0.233 e. The number of aromatic nitrogens is 2. The van der Waals surface area contributed by atoms with E-state index in [2.05, 4.69) is 25.9 Å². The van der Waals surface area contributed by atoms with E-state index in [4.69, 9.17) is 11.6 Å². The van der Waals surface area contributed by atoms with Gasteiger partial charge in [-0.05, 0) is 22.0 Å². The van der Waals surface area contributed by atoms with Gasteiger partial charge >= 0.3 is 0 Å². The Morgan fingerprint density at radius 3 is 2.71 bits per heavy atom. The van der Waals surface area contributed by atoms with E-state index >= 15 is 0 Å². The number of hydrogen-bond donors (Lipinski definition) is 0. The Hall–Kier alpha value is -0.810. The van der Waals surface area contributed by atoms with Gasteiger partial charge in [0.25, 0.3) is 0 Å². The highest BCUT2D eigenvalue weighted by Crippen LogP contribution is 2.29. The van der Waals surface area contributed by atoms with Crippen molar-refractivity contribution in [1.29, 1.82) is 0 Å². The van der Waals surface area contributed by atoms with Gasteiger partial charge < -0.3 is 0 Å². The van der Waals surface area contributed by atoms with Gasteiger partial charge in [0, 0.05) is 5.39 Å². The predicted molar refractivity (Wildman–Crippen MR) is 52.2 cm³/mol. The van der Waals surface area contributed by atoms with Crippen LogP contribution < -0.4 is 0 Å². The molecule has 0 N–H and O–H groups in total. The molecule has 1 aromatic heterocycles. The second-order valence-electron chi connectivity index (χ2n) is 2.55. The van der Waals surface area contributed by atoms with E-state index in [1.807, 2.05) is 0 Å². The first-order chi connectivity index (χ1) is 6.61. The van der Waals surface area contributed by atoms with Gasteiger partial charge in [-0.2, -0.15) is 0 Å². The number of fused-ring (bicyclic) bond motifs is 1. The molecule has 72 valence electrons. The smallest absolute Gasteiger partial charge is 0.166 e. The van der Waals surface area contributed by atoms with Crippen molar-refractivity contribution in [3.8, 4) is 0 Å². The molecule has 0 fully saturated rings. The van der Waals surface area contributed by atoms with Crippen molar-refractivity contribution in [3.05, 3.63) is 33.7 Å². The predicted octanol–water partition coefficient (Wildman–Crippen LogP) is 3.32.